The van der Waals surface area contributed by atoms with Gasteiger partial charge in [0.15, 0.2) is 0 Å². The van der Waals surface area contributed by atoms with Gasteiger partial charge in [-0.1, -0.05) is 37.5 Å². The summed E-state index contributed by atoms with van der Waals surface area (Å²) in [7, 11) is 0. The Kier molecular flexibility index (Phi) is 4.19. The Morgan fingerprint density at radius 3 is 2.32 bits per heavy atom. The number of alkyl halides is 3. The summed E-state index contributed by atoms with van der Waals surface area (Å²) in [5.41, 5.74) is 5.86. The minimum atomic E-state index is -4.27. The summed E-state index contributed by atoms with van der Waals surface area (Å²) >= 11 is 0. The fourth-order valence-electron chi connectivity index (χ4n) is 2.90. The van der Waals surface area contributed by atoms with E-state index >= 15 is 0 Å². The summed E-state index contributed by atoms with van der Waals surface area (Å²) in [4.78, 5) is 0. The van der Waals surface area contributed by atoms with Crippen LogP contribution in [0.4, 0.5) is 13.2 Å². The minimum Gasteiger partial charge on any atom is -0.325 e. The second kappa shape index (κ2) is 5.53. The van der Waals surface area contributed by atoms with Crippen molar-refractivity contribution in [3.05, 3.63) is 35.4 Å². The number of hydrogen-bond acceptors (Lipinski definition) is 1. The predicted octanol–water partition coefficient (Wildman–Crippen LogP) is 4.30. The molecule has 1 nitrogen and oxygen atoms in total. The molecule has 0 spiro atoms. The largest absolute Gasteiger partial charge is 0.416 e. The van der Waals surface area contributed by atoms with Gasteiger partial charge in [0, 0.05) is 5.54 Å². The Morgan fingerprint density at radius 1 is 1.05 bits per heavy atom. The van der Waals surface area contributed by atoms with Crippen molar-refractivity contribution in [2.75, 3.05) is 0 Å². The van der Waals surface area contributed by atoms with E-state index in [0.717, 1.165) is 31.7 Å². The van der Waals surface area contributed by atoms with Crippen LogP contribution in [0.2, 0.25) is 0 Å². The van der Waals surface area contributed by atoms with Crippen molar-refractivity contribution < 1.29 is 13.2 Å². The minimum absolute atomic E-state index is 0.267. The average Bonchev–Trinajstić information content (AvgIpc) is 2.37. The first-order valence-electron chi connectivity index (χ1n) is 6.85. The van der Waals surface area contributed by atoms with Gasteiger partial charge in [0.25, 0.3) is 0 Å². The lowest BCUT2D eigenvalue weighted by molar-refractivity contribution is -0.138. The van der Waals surface area contributed by atoms with Gasteiger partial charge in [0.1, 0.15) is 0 Å². The van der Waals surface area contributed by atoms with Crippen LogP contribution in [0.15, 0.2) is 24.3 Å². The van der Waals surface area contributed by atoms with Crippen LogP contribution in [0.25, 0.3) is 0 Å². The van der Waals surface area contributed by atoms with Crippen LogP contribution in [-0.2, 0) is 12.6 Å². The third kappa shape index (κ3) is 3.72. The van der Waals surface area contributed by atoms with E-state index in [9.17, 15) is 13.2 Å². The van der Waals surface area contributed by atoms with Crippen LogP contribution in [0.1, 0.15) is 49.7 Å². The third-order valence-corrected chi connectivity index (χ3v) is 4.06. The molecule has 0 radical (unpaired) electrons. The molecule has 0 aliphatic heterocycles. The molecule has 1 saturated carbocycles. The van der Waals surface area contributed by atoms with Gasteiger partial charge >= 0.3 is 6.18 Å². The van der Waals surface area contributed by atoms with Gasteiger partial charge in [0.2, 0.25) is 0 Å². The normalized spacial score (nSPS) is 19.4. The molecule has 19 heavy (non-hydrogen) atoms. The highest BCUT2D eigenvalue weighted by Crippen LogP contribution is 2.34. The fraction of sp³-hybridized carbons (Fsp3) is 0.600. The van der Waals surface area contributed by atoms with Crippen molar-refractivity contribution in [3.63, 3.8) is 0 Å². The zero-order valence-corrected chi connectivity index (χ0v) is 11.0. The highest BCUT2D eigenvalue weighted by molar-refractivity contribution is 5.30. The summed E-state index contributed by atoms with van der Waals surface area (Å²) < 4.78 is 38.6. The molecule has 0 aromatic heterocycles. The Balaban J connectivity index is 2.07. The maximum absolute atomic E-state index is 12.9. The van der Waals surface area contributed by atoms with E-state index in [1.807, 2.05) is 0 Å². The molecule has 1 aromatic rings. The van der Waals surface area contributed by atoms with Crippen LogP contribution in [0.5, 0.6) is 0 Å². The predicted molar refractivity (Wildman–Crippen MR) is 69.8 cm³/mol. The SMILES string of the molecule is NC1(CCc2ccccc2C(F)(F)F)CCCCC1. The Hall–Kier alpha value is -1.03. The molecule has 1 fully saturated rings. The van der Waals surface area contributed by atoms with E-state index in [4.69, 9.17) is 5.73 Å². The van der Waals surface area contributed by atoms with Crippen LogP contribution in [0.3, 0.4) is 0 Å². The van der Waals surface area contributed by atoms with E-state index in [1.54, 1.807) is 12.1 Å². The van der Waals surface area contributed by atoms with Gasteiger partial charge in [-0.25, -0.2) is 0 Å². The first kappa shape index (κ1) is 14.4. The molecule has 0 saturated heterocycles. The van der Waals surface area contributed by atoms with E-state index in [0.29, 0.717) is 18.4 Å². The number of rotatable bonds is 3. The van der Waals surface area contributed by atoms with E-state index in [1.165, 1.54) is 12.5 Å². The fourth-order valence-corrected chi connectivity index (χ4v) is 2.90. The molecule has 0 bridgehead atoms. The van der Waals surface area contributed by atoms with Crippen molar-refractivity contribution in [1.29, 1.82) is 0 Å². The molecule has 0 heterocycles. The quantitative estimate of drug-likeness (QED) is 0.871. The topological polar surface area (TPSA) is 26.0 Å². The van der Waals surface area contributed by atoms with Gasteiger partial charge in [-0.15, -0.1) is 0 Å². The summed E-state index contributed by atoms with van der Waals surface area (Å²) in [5.74, 6) is 0. The number of halogens is 3. The molecule has 106 valence electrons. The Bertz CT molecular complexity index is 420. The number of nitrogens with two attached hydrogens (primary N) is 1. The lowest BCUT2D eigenvalue weighted by Gasteiger charge is -2.33. The van der Waals surface area contributed by atoms with Crippen LogP contribution in [0, 0.1) is 0 Å². The molecule has 2 rings (SSSR count). The molecule has 0 unspecified atom stereocenters. The summed E-state index contributed by atoms with van der Waals surface area (Å²) in [6, 6.07) is 5.81. The van der Waals surface area contributed by atoms with Crippen LogP contribution < -0.4 is 5.73 Å². The molecule has 0 amide bonds. The highest BCUT2D eigenvalue weighted by Gasteiger charge is 2.34. The van der Waals surface area contributed by atoms with Crippen LogP contribution in [-0.4, -0.2) is 5.54 Å². The van der Waals surface area contributed by atoms with Crippen molar-refractivity contribution in [2.45, 2.75) is 56.7 Å². The molecule has 4 heteroatoms. The molecule has 2 N–H and O–H groups in total. The Labute approximate surface area is 112 Å². The van der Waals surface area contributed by atoms with E-state index in [-0.39, 0.29) is 5.54 Å². The second-order valence-corrected chi connectivity index (χ2v) is 5.58. The lowest BCUT2D eigenvalue weighted by atomic mass is 9.78. The standard InChI is InChI=1S/C15H20F3N/c16-15(17,18)13-7-3-2-6-12(13)8-11-14(19)9-4-1-5-10-14/h2-3,6-7H,1,4-5,8-11,19H2. The van der Waals surface area contributed by atoms with Crippen molar-refractivity contribution >= 4 is 0 Å². The first-order chi connectivity index (χ1) is 8.91. The van der Waals surface area contributed by atoms with E-state index in [2.05, 4.69) is 0 Å². The Morgan fingerprint density at radius 2 is 1.68 bits per heavy atom. The van der Waals surface area contributed by atoms with E-state index < -0.39 is 11.7 Å². The van der Waals surface area contributed by atoms with Gasteiger partial charge in [-0.05, 0) is 37.3 Å². The van der Waals surface area contributed by atoms with Crippen molar-refractivity contribution in [1.82, 2.24) is 0 Å². The summed E-state index contributed by atoms with van der Waals surface area (Å²) in [6.45, 7) is 0. The molecular weight excluding hydrogens is 251 g/mol. The van der Waals surface area contributed by atoms with Crippen molar-refractivity contribution in [3.8, 4) is 0 Å². The van der Waals surface area contributed by atoms with Gasteiger partial charge < -0.3 is 5.73 Å². The number of aryl methyl sites for hydroxylation is 1. The average molecular weight is 271 g/mol. The molecule has 1 aliphatic rings. The van der Waals surface area contributed by atoms with Gasteiger partial charge in [0.05, 0.1) is 5.56 Å². The van der Waals surface area contributed by atoms with Gasteiger partial charge in [-0.3, -0.25) is 0 Å². The molecule has 0 atom stereocenters. The van der Waals surface area contributed by atoms with Gasteiger partial charge in [-0.2, -0.15) is 13.2 Å². The number of hydrogen-bond donors (Lipinski definition) is 1. The zero-order chi connectivity index (χ0) is 13.9. The highest BCUT2D eigenvalue weighted by atomic mass is 19.4. The zero-order valence-electron chi connectivity index (χ0n) is 11.0. The van der Waals surface area contributed by atoms with Crippen molar-refractivity contribution in [2.24, 2.45) is 5.73 Å². The smallest absolute Gasteiger partial charge is 0.325 e. The second-order valence-electron chi connectivity index (χ2n) is 5.58. The molecule has 1 aliphatic carbocycles. The molecular formula is C15H20F3N. The molecule has 1 aromatic carbocycles. The summed E-state index contributed by atoms with van der Waals surface area (Å²) in [5, 5.41) is 0. The number of benzene rings is 1. The lowest BCUT2D eigenvalue weighted by Crippen LogP contribution is -2.42. The van der Waals surface area contributed by atoms with Crippen LogP contribution >= 0.6 is 0 Å². The first-order valence-corrected chi connectivity index (χ1v) is 6.85. The third-order valence-electron chi connectivity index (χ3n) is 4.06. The summed E-state index contributed by atoms with van der Waals surface area (Å²) in [6.07, 6.45) is 2.02. The maximum Gasteiger partial charge on any atom is 0.416 e. The maximum atomic E-state index is 12.9. The monoisotopic (exact) mass is 271 g/mol.